The molecular formula is C19H24N4O4. The quantitative estimate of drug-likeness (QED) is 0.608. The zero-order chi connectivity index (χ0) is 19.4. The number of hydrogen-bond acceptors (Lipinski definition) is 6. The van der Waals surface area contributed by atoms with Crippen LogP contribution in [0.5, 0.6) is 0 Å². The van der Waals surface area contributed by atoms with E-state index in [1.54, 1.807) is 12.1 Å². The molecule has 2 aromatic rings. The van der Waals surface area contributed by atoms with Crippen LogP contribution in [-0.2, 0) is 11.3 Å². The maximum Gasteiger partial charge on any atom is 0.339 e. The highest BCUT2D eigenvalue weighted by atomic mass is 16.4. The van der Waals surface area contributed by atoms with E-state index < -0.39 is 12.0 Å². The minimum absolute atomic E-state index is 0.0850. The number of carboxylic acids is 1. The summed E-state index contributed by atoms with van der Waals surface area (Å²) >= 11 is 0. The fourth-order valence-corrected chi connectivity index (χ4v) is 3.45. The highest BCUT2D eigenvalue weighted by Gasteiger charge is 2.26. The molecule has 1 atom stereocenters. The van der Waals surface area contributed by atoms with E-state index in [1.165, 1.54) is 18.8 Å². The fraction of sp³-hybridized carbons (Fsp3) is 0.421. The zero-order valence-electron chi connectivity index (χ0n) is 15.0. The topological polar surface area (TPSA) is 144 Å². The Hall–Kier alpha value is -2.87. The molecule has 27 heavy (non-hydrogen) atoms. The zero-order valence-corrected chi connectivity index (χ0v) is 15.0. The van der Waals surface area contributed by atoms with Crippen LogP contribution in [-0.4, -0.2) is 28.0 Å². The van der Waals surface area contributed by atoms with Crippen LogP contribution < -0.4 is 16.8 Å². The van der Waals surface area contributed by atoms with Crippen molar-refractivity contribution in [3.05, 3.63) is 35.9 Å². The van der Waals surface area contributed by atoms with Crippen LogP contribution in [0.4, 0.5) is 5.69 Å². The molecule has 0 saturated heterocycles. The average molecular weight is 372 g/mol. The number of pyridine rings is 1. The van der Waals surface area contributed by atoms with Gasteiger partial charge in [-0.2, -0.15) is 0 Å². The third kappa shape index (κ3) is 4.28. The molecule has 0 aromatic carbocycles. The van der Waals surface area contributed by atoms with Crippen molar-refractivity contribution in [2.45, 2.75) is 44.7 Å². The Balaban J connectivity index is 1.64. The minimum atomic E-state index is -1.16. The van der Waals surface area contributed by atoms with E-state index in [0.29, 0.717) is 17.1 Å². The molecule has 1 aliphatic rings. The number of carbonyl (C=O) groups excluding carboxylic acids is 1. The molecule has 0 aliphatic heterocycles. The first-order chi connectivity index (χ1) is 13.0. The monoisotopic (exact) mass is 372 g/mol. The first-order valence-electron chi connectivity index (χ1n) is 9.06. The van der Waals surface area contributed by atoms with Crippen molar-refractivity contribution < 1.29 is 19.1 Å². The van der Waals surface area contributed by atoms with Gasteiger partial charge in [0.25, 0.3) is 0 Å². The number of nitrogens with two attached hydrogens (primary N) is 2. The number of rotatable bonds is 6. The van der Waals surface area contributed by atoms with Crippen LogP contribution in [0, 0.1) is 5.92 Å². The lowest BCUT2D eigenvalue weighted by atomic mass is 9.84. The van der Waals surface area contributed by atoms with Gasteiger partial charge in [-0.3, -0.25) is 9.78 Å². The predicted octanol–water partition coefficient (Wildman–Crippen LogP) is 2.15. The smallest absolute Gasteiger partial charge is 0.339 e. The van der Waals surface area contributed by atoms with Gasteiger partial charge in [-0.25, -0.2) is 4.79 Å². The molecule has 0 unspecified atom stereocenters. The Bertz CT molecular complexity index is 827. The molecule has 6 N–H and O–H groups in total. The van der Waals surface area contributed by atoms with Gasteiger partial charge in [-0.15, -0.1) is 0 Å². The summed E-state index contributed by atoms with van der Waals surface area (Å²) < 4.78 is 5.69. The van der Waals surface area contributed by atoms with Crippen LogP contribution in [0.3, 0.4) is 0 Å². The first-order valence-corrected chi connectivity index (χ1v) is 9.06. The standard InChI is InChI=1S/C19H24N4O4/c20-16(11-4-2-1-3-5-11)18(24)23-8-12-6-7-15(27-12)13-9-22-10-14(17(13)21)19(25)26/h6-7,9-11,16H,1-5,8,20H2,(H2,21,22)(H,23,24)(H,25,26)/t16-/m0/s1. The van der Waals surface area contributed by atoms with Crippen LogP contribution in [0.15, 0.2) is 28.9 Å². The number of aromatic carboxylic acids is 1. The maximum absolute atomic E-state index is 12.3. The molecule has 2 aromatic heterocycles. The first kappa shape index (κ1) is 18.9. The molecule has 0 radical (unpaired) electrons. The normalized spacial score (nSPS) is 16.0. The van der Waals surface area contributed by atoms with Crippen LogP contribution in [0.2, 0.25) is 0 Å². The molecule has 2 heterocycles. The van der Waals surface area contributed by atoms with Gasteiger partial charge in [0.15, 0.2) is 0 Å². The van der Waals surface area contributed by atoms with Crippen LogP contribution in [0.25, 0.3) is 11.3 Å². The number of carbonyl (C=O) groups is 2. The van der Waals surface area contributed by atoms with E-state index >= 15 is 0 Å². The molecule has 0 bridgehead atoms. The van der Waals surface area contributed by atoms with Crippen molar-refractivity contribution in [2.24, 2.45) is 11.7 Å². The van der Waals surface area contributed by atoms with Gasteiger partial charge in [0.2, 0.25) is 5.91 Å². The minimum Gasteiger partial charge on any atom is -0.478 e. The molecule has 8 nitrogen and oxygen atoms in total. The second-order valence-electron chi connectivity index (χ2n) is 6.86. The number of nitrogens with zero attached hydrogens (tertiary/aromatic N) is 1. The lowest BCUT2D eigenvalue weighted by Gasteiger charge is -2.26. The third-order valence-corrected chi connectivity index (χ3v) is 5.04. The largest absolute Gasteiger partial charge is 0.478 e. The second-order valence-corrected chi connectivity index (χ2v) is 6.86. The van der Waals surface area contributed by atoms with Crippen LogP contribution in [0.1, 0.15) is 48.2 Å². The van der Waals surface area contributed by atoms with Crippen molar-refractivity contribution in [3.8, 4) is 11.3 Å². The van der Waals surface area contributed by atoms with Gasteiger partial charge in [0, 0.05) is 12.4 Å². The number of furan rings is 1. The third-order valence-electron chi connectivity index (χ3n) is 5.04. The SMILES string of the molecule is Nc1c(C(=O)O)cncc1-c1ccc(CNC(=O)[C@@H](N)C2CCCCC2)o1. The van der Waals surface area contributed by atoms with Gasteiger partial charge in [0.05, 0.1) is 23.8 Å². The van der Waals surface area contributed by atoms with E-state index in [9.17, 15) is 9.59 Å². The highest BCUT2D eigenvalue weighted by molar-refractivity contribution is 5.97. The Morgan fingerprint density at radius 1 is 1.26 bits per heavy atom. The van der Waals surface area contributed by atoms with Gasteiger partial charge < -0.3 is 26.3 Å². The average Bonchev–Trinajstić information content (AvgIpc) is 3.15. The lowest BCUT2D eigenvalue weighted by Crippen LogP contribution is -2.45. The summed E-state index contributed by atoms with van der Waals surface area (Å²) in [5.74, 6) is -0.194. The Kier molecular flexibility index (Phi) is 5.75. The number of anilines is 1. The van der Waals surface area contributed by atoms with Crippen molar-refractivity contribution in [2.75, 3.05) is 5.73 Å². The Morgan fingerprint density at radius 2 is 2.00 bits per heavy atom. The second kappa shape index (κ2) is 8.22. The summed E-state index contributed by atoms with van der Waals surface area (Å²) in [6.45, 7) is 0.200. The summed E-state index contributed by atoms with van der Waals surface area (Å²) in [5, 5.41) is 11.9. The van der Waals surface area contributed by atoms with E-state index in [-0.39, 0.29) is 29.6 Å². The Labute approximate surface area is 156 Å². The summed E-state index contributed by atoms with van der Waals surface area (Å²) in [7, 11) is 0. The fourth-order valence-electron chi connectivity index (χ4n) is 3.45. The lowest BCUT2D eigenvalue weighted by molar-refractivity contribution is -0.124. The molecule has 3 rings (SSSR count). The molecular weight excluding hydrogens is 348 g/mol. The number of amides is 1. The summed E-state index contributed by atoms with van der Waals surface area (Å²) in [4.78, 5) is 27.4. The van der Waals surface area contributed by atoms with Gasteiger partial charge in [-0.1, -0.05) is 19.3 Å². The molecule has 8 heteroatoms. The number of nitrogen functional groups attached to an aromatic ring is 1. The molecule has 1 amide bonds. The van der Waals surface area contributed by atoms with Gasteiger partial charge in [0.1, 0.15) is 17.1 Å². The van der Waals surface area contributed by atoms with Crippen molar-refractivity contribution >= 4 is 17.6 Å². The van der Waals surface area contributed by atoms with E-state index in [2.05, 4.69) is 10.3 Å². The predicted molar refractivity (Wildman–Crippen MR) is 99.7 cm³/mol. The highest BCUT2D eigenvalue weighted by Crippen LogP contribution is 2.29. The van der Waals surface area contributed by atoms with Gasteiger partial charge in [-0.05, 0) is 30.9 Å². The Morgan fingerprint density at radius 3 is 2.70 bits per heavy atom. The van der Waals surface area contributed by atoms with Crippen molar-refractivity contribution in [3.63, 3.8) is 0 Å². The molecule has 1 fully saturated rings. The summed E-state index contributed by atoms with van der Waals surface area (Å²) in [6, 6.07) is 2.86. The number of aromatic nitrogens is 1. The van der Waals surface area contributed by atoms with Crippen molar-refractivity contribution in [1.29, 1.82) is 0 Å². The maximum atomic E-state index is 12.3. The number of nitrogens with one attached hydrogen (secondary N) is 1. The van der Waals surface area contributed by atoms with E-state index in [1.807, 2.05) is 0 Å². The molecule has 1 aliphatic carbocycles. The molecule has 0 spiro atoms. The summed E-state index contributed by atoms with van der Waals surface area (Å²) in [6.07, 6.45) is 8.08. The summed E-state index contributed by atoms with van der Waals surface area (Å²) in [5.41, 5.74) is 12.4. The van der Waals surface area contributed by atoms with E-state index in [0.717, 1.165) is 25.7 Å². The molecule has 144 valence electrons. The molecule has 1 saturated carbocycles. The number of carboxylic acid groups (broad SMARTS) is 1. The van der Waals surface area contributed by atoms with Crippen LogP contribution >= 0.6 is 0 Å². The number of hydrogen-bond donors (Lipinski definition) is 4. The van der Waals surface area contributed by atoms with E-state index in [4.69, 9.17) is 21.0 Å². The van der Waals surface area contributed by atoms with Gasteiger partial charge >= 0.3 is 5.97 Å². The van der Waals surface area contributed by atoms with Crippen molar-refractivity contribution in [1.82, 2.24) is 10.3 Å².